The predicted octanol–water partition coefficient (Wildman–Crippen LogP) is 1.88. The molecule has 2 aromatic rings. The molecule has 0 saturated carbocycles. The van der Waals surface area contributed by atoms with E-state index in [4.69, 9.17) is 15.2 Å². The molecular weight excluding hydrogens is 254 g/mol. The number of nitrogens with zero attached hydrogens (tertiary/aromatic N) is 2. The van der Waals surface area contributed by atoms with Crippen LogP contribution in [0.3, 0.4) is 0 Å². The summed E-state index contributed by atoms with van der Waals surface area (Å²) < 4.78 is 11.5. The van der Waals surface area contributed by atoms with Gasteiger partial charge in [-0.2, -0.15) is 0 Å². The molecule has 1 aromatic heterocycles. The first-order chi connectivity index (χ1) is 9.72. The predicted molar refractivity (Wildman–Crippen MR) is 74.7 cm³/mol. The molecule has 0 spiro atoms. The molecule has 2 atom stereocenters. The number of para-hydroxylation sites is 2. The minimum atomic E-state index is -0.269. The Bertz CT molecular complexity index is 584. The van der Waals surface area contributed by atoms with Crippen molar-refractivity contribution in [2.75, 3.05) is 6.61 Å². The quantitative estimate of drug-likeness (QED) is 0.923. The maximum Gasteiger partial charge on any atom is 0.192 e. The van der Waals surface area contributed by atoms with Crippen molar-refractivity contribution in [2.24, 2.45) is 5.73 Å². The number of rotatable bonds is 3. The molecule has 0 aliphatic carbocycles. The van der Waals surface area contributed by atoms with Crippen molar-refractivity contribution in [3.8, 4) is 11.5 Å². The van der Waals surface area contributed by atoms with E-state index in [0.29, 0.717) is 12.4 Å². The Morgan fingerprint density at radius 2 is 1.95 bits per heavy atom. The molecule has 5 heteroatoms. The van der Waals surface area contributed by atoms with Gasteiger partial charge in [-0.3, -0.25) is 0 Å². The van der Waals surface area contributed by atoms with E-state index in [1.165, 1.54) is 0 Å². The van der Waals surface area contributed by atoms with Gasteiger partial charge >= 0.3 is 0 Å². The van der Waals surface area contributed by atoms with Crippen molar-refractivity contribution >= 4 is 0 Å². The van der Waals surface area contributed by atoms with Gasteiger partial charge < -0.3 is 15.2 Å². The van der Waals surface area contributed by atoms with Crippen LogP contribution in [0.15, 0.2) is 36.7 Å². The van der Waals surface area contributed by atoms with Crippen molar-refractivity contribution in [3.05, 3.63) is 48.0 Å². The van der Waals surface area contributed by atoms with E-state index in [0.717, 1.165) is 23.5 Å². The van der Waals surface area contributed by atoms with Gasteiger partial charge in [0.2, 0.25) is 0 Å². The molecule has 3 rings (SSSR count). The fourth-order valence-corrected chi connectivity index (χ4v) is 2.15. The van der Waals surface area contributed by atoms with E-state index in [1.807, 2.05) is 31.2 Å². The van der Waals surface area contributed by atoms with Crippen LogP contribution in [-0.4, -0.2) is 22.6 Å². The topological polar surface area (TPSA) is 70.3 Å². The van der Waals surface area contributed by atoms with E-state index >= 15 is 0 Å². The first kappa shape index (κ1) is 12.9. The van der Waals surface area contributed by atoms with Crippen LogP contribution in [-0.2, 0) is 6.42 Å². The second-order valence-corrected chi connectivity index (χ2v) is 5.00. The van der Waals surface area contributed by atoms with Gasteiger partial charge in [0.05, 0.1) is 0 Å². The second kappa shape index (κ2) is 5.46. The van der Waals surface area contributed by atoms with E-state index in [1.54, 1.807) is 12.4 Å². The van der Waals surface area contributed by atoms with Crippen molar-refractivity contribution in [1.82, 2.24) is 9.97 Å². The Morgan fingerprint density at radius 3 is 2.65 bits per heavy atom. The Balaban J connectivity index is 1.74. The van der Waals surface area contributed by atoms with Gasteiger partial charge in [0, 0.05) is 18.4 Å². The standard InChI is InChI=1S/C15H17N3O2/c1-10(16)6-11-7-17-15(18-8-11)14-9-19-12-4-2-3-5-13(12)20-14/h2-5,7-8,10,14H,6,9,16H2,1H3. The monoisotopic (exact) mass is 271 g/mol. The van der Waals surface area contributed by atoms with Crippen molar-refractivity contribution in [2.45, 2.75) is 25.5 Å². The van der Waals surface area contributed by atoms with Crippen LogP contribution in [0.4, 0.5) is 0 Å². The minimum Gasteiger partial charge on any atom is -0.485 e. The zero-order valence-corrected chi connectivity index (χ0v) is 11.3. The van der Waals surface area contributed by atoms with Crippen LogP contribution in [0.5, 0.6) is 11.5 Å². The highest BCUT2D eigenvalue weighted by Crippen LogP contribution is 2.34. The lowest BCUT2D eigenvalue weighted by molar-refractivity contribution is 0.0850. The molecule has 104 valence electrons. The van der Waals surface area contributed by atoms with E-state index in [-0.39, 0.29) is 12.1 Å². The van der Waals surface area contributed by atoms with Crippen molar-refractivity contribution in [3.63, 3.8) is 0 Å². The number of aromatic nitrogens is 2. The number of hydrogen-bond donors (Lipinski definition) is 1. The SMILES string of the molecule is CC(N)Cc1cnc(C2COc3ccccc3O2)nc1. The van der Waals surface area contributed by atoms with E-state index in [2.05, 4.69) is 9.97 Å². The molecule has 1 aromatic carbocycles. The molecule has 20 heavy (non-hydrogen) atoms. The molecule has 5 nitrogen and oxygen atoms in total. The summed E-state index contributed by atoms with van der Waals surface area (Å²) in [6.45, 7) is 2.38. The fraction of sp³-hybridized carbons (Fsp3) is 0.333. The Kier molecular flexibility index (Phi) is 3.52. The average Bonchev–Trinajstić information content (AvgIpc) is 2.47. The molecular formula is C15H17N3O2. The summed E-state index contributed by atoms with van der Waals surface area (Å²) in [6, 6.07) is 7.70. The Hall–Kier alpha value is -2.14. The summed E-state index contributed by atoms with van der Waals surface area (Å²) >= 11 is 0. The van der Waals surface area contributed by atoms with Gasteiger partial charge in [0.25, 0.3) is 0 Å². The third-order valence-corrected chi connectivity index (χ3v) is 3.08. The van der Waals surface area contributed by atoms with Gasteiger partial charge in [-0.25, -0.2) is 9.97 Å². The highest BCUT2D eigenvalue weighted by atomic mass is 16.6. The van der Waals surface area contributed by atoms with Crippen molar-refractivity contribution < 1.29 is 9.47 Å². The molecule has 0 saturated heterocycles. The molecule has 1 aliphatic rings. The first-order valence-electron chi connectivity index (χ1n) is 6.67. The molecule has 0 amide bonds. The van der Waals surface area contributed by atoms with Gasteiger partial charge in [-0.05, 0) is 31.0 Å². The highest BCUT2D eigenvalue weighted by Gasteiger charge is 2.24. The van der Waals surface area contributed by atoms with Gasteiger partial charge in [0.15, 0.2) is 23.4 Å². The number of nitrogens with two attached hydrogens (primary N) is 1. The van der Waals surface area contributed by atoms with Gasteiger partial charge in [0.1, 0.15) is 6.61 Å². The Labute approximate surface area is 117 Å². The smallest absolute Gasteiger partial charge is 0.192 e. The molecule has 0 radical (unpaired) electrons. The minimum absolute atomic E-state index is 0.102. The van der Waals surface area contributed by atoms with Crippen LogP contribution in [0.25, 0.3) is 0 Å². The van der Waals surface area contributed by atoms with Gasteiger partial charge in [-0.1, -0.05) is 12.1 Å². The third kappa shape index (κ3) is 2.72. The molecule has 0 fully saturated rings. The summed E-state index contributed by atoms with van der Waals surface area (Å²) in [5.41, 5.74) is 6.79. The van der Waals surface area contributed by atoms with Crippen LogP contribution >= 0.6 is 0 Å². The number of benzene rings is 1. The van der Waals surface area contributed by atoms with Crippen LogP contribution < -0.4 is 15.2 Å². The number of ether oxygens (including phenoxy) is 2. The van der Waals surface area contributed by atoms with E-state index in [9.17, 15) is 0 Å². The Morgan fingerprint density at radius 1 is 1.25 bits per heavy atom. The molecule has 1 aliphatic heterocycles. The average molecular weight is 271 g/mol. The summed E-state index contributed by atoms with van der Waals surface area (Å²) in [5.74, 6) is 2.12. The lowest BCUT2D eigenvalue weighted by Gasteiger charge is -2.25. The molecule has 2 N–H and O–H groups in total. The van der Waals surface area contributed by atoms with E-state index < -0.39 is 0 Å². The number of hydrogen-bond acceptors (Lipinski definition) is 5. The van der Waals surface area contributed by atoms with Crippen LogP contribution in [0, 0.1) is 0 Å². The highest BCUT2D eigenvalue weighted by molar-refractivity contribution is 5.41. The second-order valence-electron chi connectivity index (χ2n) is 5.00. The van der Waals surface area contributed by atoms with Crippen LogP contribution in [0.2, 0.25) is 0 Å². The lowest BCUT2D eigenvalue weighted by atomic mass is 10.1. The van der Waals surface area contributed by atoms with Crippen molar-refractivity contribution in [1.29, 1.82) is 0 Å². The number of fused-ring (bicyclic) bond motifs is 1. The van der Waals surface area contributed by atoms with Crippen LogP contribution in [0.1, 0.15) is 24.4 Å². The lowest BCUT2D eigenvalue weighted by Crippen LogP contribution is -2.24. The molecule has 0 bridgehead atoms. The summed E-state index contributed by atoms with van der Waals surface area (Å²) in [7, 11) is 0. The maximum atomic E-state index is 5.86. The fourth-order valence-electron chi connectivity index (χ4n) is 2.15. The summed E-state index contributed by atoms with van der Waals surface area (Å²) in [4.78, 5) is 8.71. The first-order valence-corrected chi connectivity index (χ1v) is 6.67. The summed E-state index contributed by atoms with van der Waals surface area (Å²) in [6.07, 6.45) is 4.10. The normalized spacial score (nSPS) is 18.6. The zero-order chi connectivity index (χ0) is 13.9. The molecule has 2 heterocycles. The van der Waals surface area contributed by atoms with Gasteiger partial charge in [-0.15, -0.1) is 0 Å². The molecule has 2 unspecified atom stereocenters. The maximum absolute atomic E-state index is 5.86. The third-order valence-electron chi connectivity index (χ3n) is 3.08. The summed E-state index contributed by atoms with van der Waals surface area (Å²) in [5, 5.41) is 0. The zero-order valence-electron chi connectivity index (χ0n) is 11.3. The largest absolute Gasteiger partial charge is 0.485 e.